The number of sulfonamides is 4. The standard InChI is InChI=1S/C23H21F3N2O4S.3C21H19F3N4O4S.4C2H6/c1-28-20(30)12-11-19(29)22-18(23(24,25)26)13-17(21(22)15-5-3-2-4-6-15)14-7-9-16(10-8-14)33(27,31)32;1-26-20(30)11-10-18(29)14-4-2-13(3-5-14)17-12-19(21(22,23)24)27-28(17)15-6-8-16(9-7-15)33(25,31)32;1-26-20(30)10-9-18(29)14-4-2-3-13(11-14)17-12-19(21(22,23)24)27-28(17)15-5-7-16(8-6-15)33(25,31)32;1-26-20(30)11-10-18(29)16-5-3-2-4-15(16)17-12-19(21(22,23)24)27-28(17)13-6-8-14(9-7-13)33(25,31)32;4*1-2/h2-10,13,17H,11-12H2,1H3,(H,28,30)(H2,27,31,32);2-9,12H,10-11H2,1H3,(H,26,30)(H2,25,31,32);2-8,11-12H,9-10H2,1H3,(H,26,30)(H2,25,31,32);2-9,12H,10-11H2,1H3,(H,26,30)(H2,25,31,32);4*1-2H3. The smallest absolute Gasteiger partial charge is 0.359 e. The van der Waals surface area contributed by atoms with Crippen LogP contribution in [0.1, 0.15) is 172 Å². The number of nitrogens with two attached hydrogens (primary N) is 4. The average molecular weight is 2040 g/mol. The number of hydrogen-bond acceptors (Lipinski definition) is 19. The third kappa shape index (κ3) is 32.4. The Kier molecular flexibility index (Phi) is 42.7. The van der Waals surface area contributed by atoms with Gasteiger partial charge in [-0.15, -0.1) is 0 Å². The van der Waals surface area contributed by atoms with Gasteiger partial charge in [0.15, 0.2) is 40.2 Å². The molecule has 0 bridgehead atoms. The molecule has 1 aliphatic carbocycles. The minimum absolute atomic E-state index is 0.00836. The molecule has 4 amide bonds. The summed E-state index contributed by atoms with van der Waals surface area (Å²) in [5, 5.41) is 40.8. The Hall–Kier alpha value is -13.8. The van der Waals surface area contributed by atoms with E-state index in [1.165, 1.54) is 150 Å². The third-order valence-corrected chi connectivity index (χ3v) is 23.3. The van der Waals surface area contributed by atoms with Crippen LogP contribution in [0.2, 0.25) is 0 Å². The van der Waals surface area contributed by atoms with Crippen molar-refractivity contribution in [1.29, 1.82) is 0 Å². The number of amides is 4. The summed E-state index contributed by atoms with van der Waals surface area (Å²) in [7, 11) is -10.2. The van der Waals surface area contributed by atoms with Crippen LogP contribution in [0.3, 0.4) is 0 Å². The second-order valence-corrected chi connectivity index (χ2v) is 34.7. The zero-order chi connectivity index (χ0) is 106. The van der Waals surface area contributed by atoms with E-state index in [1.807, 2.05) is 55.4 Å². The van der Waals surface area contributed by atoms with Crippen LogP contribution in [-0.2, 0) is 82.6 Å². The minimum Gasteiger partial charge on any atom is -0.359 e. The summed E-state index contributed by atoms with van der Waals surface area (Å²) in [4.78, 5) is 95.4. The predicted octanol–water partition coefficient (Wildman–Crippen LogP) is 16.3. The molecule has 30 nitrogen and oxygen atoms in total. The summed E-state index contributed by atoms with van der Waals surface area (Å²) in [6.07, 6.45) is -19.0. The van der Waals surface area contributed by atoms with E-state index >= 15 is 0 Å². The van der Waals surface area contributed by atoms with Gasteiger partial charge in [-0.3, -0.25) is 38.4 Å². The highest BCUT2D eigenvalue weighted by Crippen LogP contribution is 2.50. The first-order chi connectivity index (χ1) is 65.6. The molecule has 11 aromatic rings. The number of nitrogens with one attached hydrogen (secondary N) is 4. The monoisotopic (exact) mass is 2040 g/mol. The molecule has 140 heavy (non-hydrogen) atoms. The van der Waals surface area contributed by atoms with Gasteiger partial charge in [-0.25, -0.2) is 68.3 Å². The zero-order valence-electron chi connectivity index (χ0n) is 77.3. The van der Waals surface area contributed by atoms with E-state index in [1.54, 1.807) is 42.5 Å². The largest absolute Gasteiger partial charge is 0.435 e. The molecule has 0 aliphatic heterocycles. The second kappa shape index (κ2) is 51.2. The highest BCUT2D eigenvalue weighted by molar-refractivity contribution is 7.90. The molecule has 752 valence electrons. The molecule has 8 aromatic carbocycles. The van der Waals surface area contributed by atoms with Crippen molar-refractivity contribution in [3.05, 3.63) is 281 Å². The average Bonchev–Trinajstić information content (AvgIpc) is 1.59. The lowest BCUT2D eigenvalue weighted by molar-refractivity contribution is -0.142. The molecule has 1 aliphatic rings. The number of carbonyl (C=O) groups is 8. The number of allylic oxidation sites excluding steroid dienone is 4. The quantitative estimate of drug-likeness (QED) is 0.0167. The first-order valence-corrected chi connectivity index (χ1v) is 48.7. The van der Waals surface area contributed by atoms with Crippen LogP contribution in [-0.4, -0.2) is 144 Å². The number of carbonyl (C=O) groups excluding carboxylic acids is 8. The molecule has 0 spiro atoms. The Morgan fingerprint density at radius 3 is 0.993 bits per heavy atom. The lowest BCUT2D eigenvalue weighted by Crippen LogP contribution is -2.21. The van der Waals surface area contributed by atoms with Crippen molar-refractivity contribution in [3.63, 3.8) is 0 Å². The number of Topliss-reactive ketones (excluding diaryl/α,β-unsaturated/α-hetero) is 4. The van der Waals surface area contributed by atoms with E-state index in [0.717, 1.165) is 74.7 Å². The maximum atomic E-state index is 14.0. The van der Waals surface area contributed by atoms with E-state index in [2.05, 4.69) is 36.6 Å². The number of halogens is 12. The van der Waals surface area contributed by atoms with Crippen LogP contribution in [0, 0.1) is 0 Å². The van der Waals surface area contributed by atoms with Crippen molar-refractivity contribution < 1.29 is 125 Å². The second-order valence-electron chi connectivity index (χ2n) is 28.5. The van der Waals surface area contributed by atoms with Crippen molar-refractivity contribution >= 4 is 92.4 Å². The minimum atomic E-state index is -4.81. The number of primary sulfonamides is 4. The molecule has 0 fully saturated rings. The Morgan fingerprint density at radius 1 is 0.321 bits per heavy atom. The molecule has 1 atom stereocenters. The summed E-state index contributed by atoms with van der Waals surface area (Å²) in [6.45, 7) is 16.0. The fraction of sp³-hybridized carbons (Fsp3) is 0.266. The molecule has 0 radical (unpaired) electrons. The van der Waals surface area contributed by atoms with E-state index in [9.17, 15) is 125 Å². The van der Waals surface area contributed by atoms with Gasteiger partial charge in [0, 0.05) is 124 Å². The van der Waals surface area contributed by atoms with Crippen molar-refractivity contribution in [2.75, 3.05) is 28.2 Å². The summed E-state index contributed by atoms with van der Waals surface area (Å²) >= 11 is 0. The topological polar surface area (TPSA) is 479 Å². The summed E-state index contributed by atoms with van der Waals surface area (Å²) in [5.74, 6) is -4.22. The third-order valence-electron chi connectivity index (χ3n) is 19.6. The maximum absolute atomic E-state index is 14.0. The van der Waals surface area contributed by atoms with Crippen molar-refractivity contribution in [3.8, 4) is 50.8 Å². The molecule has 12 N–H and O–H groups in total. The van der Waals surface area contributed by atoms with Gasteiger partial charge < -0.3 is 21.3 Å². The molecule has 3 heterocycles. The Balaban J connectivity index is 0.000000321. The summed E-state index contributed by atoms with van der Waals surface area (Å²) in [5.41, 5.74) is -2.15. The van der Waals surface area contributed by atoms with Crippen molar-refractivity contribution in [2.45, 2.75) is 157 Å². The van der Waals surface area contributed by atoms with E-state index < -0.39 is 123 Å². The zero-order valence-corrected chi connectivity index (χ0v) is 80.6. The molecule has 46 heteroatoms. The van der Waals surface area contributed by atoms with Gasteiger partial charge in [0.25, 0.3) is 0 Å². The van der Waals surface area contributed by atoms with Crippen molar-refractivity contribution in [1.82, 2.24) is 50.6 Å². The lowest BCUT2D eigenvalue weighted by Gasteiger charge is -2.17. The number of nitrogens with zero attached hydrogens (tertiary/aromatic N) is 6. The van der Waals surface area contributed by atoms with Gasteiger partial charge in [0.1, 0.15) is 0 Å². The Morgan fingerprint density at radius 2 is 0.636 bits per heavy atom. The van der Waals surface area contributed by atoms with Gasteiger partial charge in [0.05, 0.1) is 59.3 Å². The predicted molar refractivity (Wildman–Crippen MR) is 501 cm³/mol. The number of ketones is 4. The molecule has 0 saturated carbocycles. The fourth-order valence-electron chi connectivity index (χ4n) is 12.9. The fourth-order valence-corrected chi connectivity index (χ4v) is 15.0. The van der Waals surface area contributed by atoms with Crippen LogP contribution in [0.5, 0.6) is 0 Å². The molecule has 0 saturated heterocycles. The number of aromatic nitrogens is 6. The number of alkyl halides is 12. The molecule has 1 unspecified atom stereocenters. The summed E-state index contributed by atoms with van der Waals surface area (Å²) in [6, 6.07) is 48.2. The van der Waals surface area contributed by atoms with Crippen LogP contribution < -0.4 is 41.8 Å². The van der Waals surface area contributed by atoms with Crippen LogP contribution >= 0.6 is 0 Å². The number of benzene rings is 8. The lowest BCUT2D eigenvalue weighted by atomic mass is 9.86. The number of rotatable bonds is 28. The van der Waals surface area contributed by atoms with Gasteiger partial charge in [-0.2, -0.15) is 68.0 Å². The highest BCUT2D eigenvalue weighted by atomic mass is 32.2. The molecular weight excluding hydrogens is 1940 g/mol. The first-order valence-electron chi connectivity index (χ1n) is 42.5. The highest BCUT2D eigenvalue weighted by Gasteiger charge is 2.46. The van der Waals surface area contributed by atoms with E-state index in [4.69, 9.17) is 20.6 Å². The summed E-state index contributed by atoms with van der Waals surface area (Å²) < 4.78 is 257. The Labute approximate surface area is 800 Å². The molecule has 3 aromatic heterocycles. The normalized spacial score (nSPS) is 12.5. The Bertz CT molecular complexity index is 6730. The number of hydrogen-bond donors (Lipinski definition) is 8. The van der Waals surface area contributed by atoms with E-state index in [-0.39, 0.29) is 156 Å². The van der Waals surface area contributed by atoms with Crippen LogP contribution in [0.25, 0.3) is 56.4 Å². The van der Waals surface area contributed by atoms with Crippen LogP contribution in [0.15, 0.2) is 255 Å². The maximum Gasteiger partial charge on any atom is 0.435 e. The SMILES string of the molecule is CC.CC.CC.CC.CNC(=O)CCC(=O)C1=C(c2ccccc2)C(c2ccc(S(N)(=O)=O)cc2)C=C1C(F)(F)F.CNC(=O)CCC(=O)c1ccc(-c2cc(C(F)(F)F)nn2-c2ccc(S(N)(=O)=O)cc2)cc1.CNC(=O)CCC(=O)c1cccc(-c2cc(C(F)(F)F)nn2-c2ccc(S(N)(=O)=O)cc2)c1.CNC(=O)CCC(=O)c1ccccc1-c1cc(C(F)(F)F)nn1-c1ccc(S(N)(=O)=O)cc1. The van der Waals surface area contributed by atoms with Gasteiger partial charge in [-0.05, 0) is 126 Å². The first kappa shape index (κ1) is 117. The van der Waals surface area contributed by atoms with Gasteiger partial charge in [0.2, 0.25) is 63.7 Å². The van der Waals surface area contributed by atoms with Crippen molar-refractivity contribution in [2.24, 2.45) is 20.6 Å². The van der Waals surface area contributed by atoms with Gasteiger partial charge >= 0.3 is 24.7 Å². The van der Waals surface area contributed by atoms with E-state index in [0.29, 0.717) is 22.3 Å². The molecule has 12 rings (SSSR count). The molecular formula is C94H102F12N14O16S4. The van der Waals surface area contributed by atoms with Crippen LogP contribution in [0.4, 0.5) is 52.7 Å². The van der Waals surface area contributed by atoms with Gasteiger partial charge in [-0.1, -0.05) is 171 Å².